The zero-order valence-corrected chi connectivity index (χ0v) is 8.58. The first-order chi connectivity index (χ1) is 7.25. The number of rotatable bonds is 6. The lowest BCUT2D eigenvalue weighted by Crippen LogP contribution is -2.49. The molecule has 0 aromatic carbocycles. The number of aliphatic hydroxyl groups is 1. The molecule has 0 aliphatic heterocycles. The second-order valence-corrected chi connectivity index (χ2v) is 3.27. The summed E-state index contributed by atoms with van der Waals surface area (Å²) in [4.78, 5) is 32.0. The Hall–Kier alpha value is -1.67. The number of hydrogen-bond donors (Lipinski definition) is 5. The van der Waals surface area contributed by atoms with Gasteiger partial charge in [-0.15, -0.1) is 0 Å². The fourth-order valence-electron chi connectivity index (χ4n) is 0.908. The van der Waals surface area contributed by atoms with Crippen LogP contribution < -0.4 is 11.1 Å². The molecule has 92 valence electrons. The first-order valence-corrected chi connectivity index (χ1v) is 4.44. The quantitative estimate of drug-likeness (QED) is 0.348. The maximum Gasteiger partial charge on any atom is 0.328 e. The second-order valence-electron chi connectivity index (χ2n) is 3.27. The Kier molecular flexibility index (Phi) is 5.40. The van der Waals surface area contributed by atoms with E-state index < -0.39 is 42.5 Å². The van der Waals surface area contributed by atoms with Gasteiger partial charge in [0.2, 0.25) is 5.91 Å². The van der Waals surface area contributed by atoms with Crippen molar-refractivity contribution in [2.75, 3.05) is 0 Å². The Morgan fingerprint density at radius 1 is 1.25 bits per heavy atom. The molecule has 0 fully saturated rings. The van der Waals surface area contributed by atoms with Crippen LogP contribution in [0.25, 0.3) is 0 Å². The number of aliphatic carboxylic acids is 2. The Bertz CT molecular complexity index is 290. The zero-order valence-electron chi connectivity index (χ0n) is 8.58. The van der Waals surface area contributed by atoms with E-state index in [0.717, 1.165) is 0 Å². The highest BCUT2D eigenvalue weighted by atomic mass is 16.4. The summed E-state index contributed by atoms with van der Waals surface area (Å²) < 4.78 is 0. The third kappa shape index (κ3) is 4.71. The molecular formula is C8H14N2O6. The normalized spacial score (nSPS) is 15.9. The average molecular weight is 234 g/mol. The standard InChI is InChI=1S/C8H14N2O6/c1-3(11)6(8(15)16)10-5(12)2-4(9)7(13)14/h3-4,6,11H,2,9H2,1H3,(H,10,12)(H,13,14)(H,15,16)/t3?,4-,6-/m0/s1. The first-order valence-electron chi connectivity index (χ1n) is 4.44. The molecule has 0 aliphatic rings. The summed E-state index contributed by atoms with van der Waals surface area (Å²) in [6, 6.07) is -2.88. The Morgan fingerprint density at radius 3 is 2.06 bits per heavy atom. The topological polar surface area (TPSA) is 150 Å². The van der Waals surface area contributed by atoms with Gasteiger partial charge in [-0.2, -0.15) is 0 Å². The molecular weight excluding hydrogens is 220 g/mol. The lowest BCUT2D eigenvalue weighted by Gasteiger charge is -2.17. The van der Waals surface area contributed by atoms with Gasteiger partial charge in [0.1, 0.15) is 6.04 Å². The minimum Gasteiger partial charge on any atom is -0.480 e. The highest BCUT2D eigenvalue weighted by molar-refractivity contribution is 5.87. The lowest BCUT2D eigenvalue weighted by molar-refractivity contribution is -0.145. The summed E-state index contributed by atoms with van der Waals surface area (Å²) in [6.07, 6.45) is -1.84. The smallest absolute Gasteiger partial charge is 0.328 e. The van der Waals surface area contributed by atoms with Crippen molar-refractivity contribution in [1.29, 1.82) is 0 Å². The summed E-state index contributed by atoms with van der Waals surface area (Å²) >= 11 is 0. The van der Waals surface area contributed by atoms with Crippen LogP contribution in [0.5, 0.6) is 0 Å². The van der Waals surface area contributed by atoms with Crippen LogP contribution in [0.15, 0.2) is 0 Å². The molecule has 0 heterocycles. The number of carbonyl (C=O) groups is 3. The largest absolute Gasteiger partial charge is 0.480 e. The van der Waals surface area contributed by atoms with Crippen LogP contribution >= 0.6 is 0 Å². The van der Waals surface area contributed by atoms with Crippen molar-refractivity contribution in [3.05, 3.63) is 0 Å². The minimum atomic E-state index is -1.48. The van der Waals surface area contributed by atoms with E-state index in [4.69, 9.17) is 21.1 Å². The van der Waals surface area contributed by atoms with Gasteiger partial charge in [0.05, 0.1) is 12.5 Å². The van der Waals surface area contributed by atoms with E-state index in [0.29, 0.717) is 0 Å². The van der Waals surface area contributed by atoms with Crippen molar-refractivity contribution in [3.63, 3.8) is 0 Å². The molecule has 3 atom stereocenters. The van der Waals surface area contributed by atoms with Crippen molar-refractivity contribution < 1.29 is 29.7 Å². The molecule has 8 nitrogen and oxygen atoms in total. The molecule has 0 saturated carbocycles. The molecule has 0 aromatic rings. The van der Waals surface area contributed by atoms with Crippen molar-refractivity contribution in [1.82, 2.24) is 5.32 Å². The van der Waals surface area contributed by atoms with Gasteiger partial charge in [-0.25, -0.2) is 4.79 Å². The third-order valence-corrected chi connectivity index (χ3v) is 1.79. The van der Waals surface area contributed by atoms with Crippen LogP contribution in [0, 0.1) is 0 Å². The van der Waals surface area contributed by atoms with Crippen molar-refractivity contribution in [2.24, 2.45) is 5.73 Å². The molecule has 0 bridgehead atoms. The van der Waals surface area contributed by atoms with Crippen molar-refractivity contribution >= 4 is 17.8 Å². The fourth-order valence-corrected chi connectivity index (χ4v) is 0.908. The summed E-state index contributed by atoms with van der Waals surface area (Å²) in [6.45, 7) is 1.19. The summed E-state index contributed by atoms with van der Waals surface area (Å²) in [5.41, 5.74) is 5.08. The van der Waals surface area contributed by atoms with Crippen molar-refractivity contribution in [3.8, 4) is 0 Å². The predicted octanol–water partition coefficient (Wildman–Crippen LogP) is -2.26. The number of carboxylic acid groups (broad SMARTS) is 2. The van der Waals surface area contributed by atoms with Gasteiger partial charge in [-0.1, -0.05) is 0 Å². The Labute approximate surface area is 91.1 Å². The number of hydrogen-bond acceptors (Lipinski definition) is 5. The minimum absolute atomic E-state index is 0.550. The number of carbonyl (C=O) groups excluding carboxylic acids is 1. The van der Waals surface area contributed by atoms with E-state index in [-0.39, 0.29) is 0 Å². The predicted molar refractivity (Wildman–Crippen MR) is 51.5 cm³/mol. The zero-order chi connectivity index (χ0) is 12.9. The Balaban J connectivity index is 4.31. The molecule has 0 rings (SSSR count). The molecule has 1 unspecified atom stereocenters. The van der Waals surface area contributed by atoms with E-state index in [1.165, 1.54) is 6.92 Å². The van der Waals surface area contributed by atoms with Crippen LogP contribution in [-0.2, 0) is 14.4 Å². The van der Waals surface area contributed by atoms with Crippen LogP contribution in [0.1, 0.15) is 13.3 Å². The molecule has 8 heteroatoms. The van der Waals surface area contributed by atoms with Crippen LogP contribution in [-0.4, -0.2) is 51.4 Å². The van der Waals surface area contributed by atoms with Gasteiger partial charge in [-0.3, -0.25) is 9.59 Å². The number of carboxylic acids is 2. The van der Waals surface area contributed by atoms with Crippen molar-refractivity contribution in [2.45, 2.75) is 31.5 Å². The summed E-state index contributed by atoms with van der Waals surface area (Å²) in [5, 5.41) is 28.0. The maximum absolute atomic E-state index is 11.1. The van der Waals surface area contributed by atoms with Gasteiger partial charge in [0, 0.05) is 0 Å². The van der Waals surface area contributed by atoms with Crippen LogP contribution in [0.4, 0.5) is 0 Å². The van der Waals surface area contributed by atoms with E-state index in [2.05, 4.69) is 0 Å². The lowest BCUT2D eigenvalue weighted by atomic mass is 10.1. The van der Waals surface area contributed by atoms with E-state index in [1.807, 2.05) is 5.32 Å². The molecule has 0 saturated heterocycles. The maximum atomic E-state index is 11.1. The monoisotopic (exact) mass is 234 g/mol. The van der Waals surface area contributed by atoms with Gasteiger partial charge >= 0.3 is 11.9 Å². The molecule has 1 amide bonds. The number of amides is 1. The molecule has 0 aliphatic carbocycles. The summed E-state index contributed by atoms with van der Waals surface area (Å²) in [7, 11) is 0. The number of nitrogens with two attached hydrogens (primary N) is 1. The number of nitrogens with one attached hydrogen (secondary N) is 1. The number of aliphatic hydroxyl groups excluding tert-OH is 1. The van der Waals surface area contributed by atoms with Crippen LogP contribution in [0.2, 0.25) is 0 Å². The summed E-state index contributed by atoms with van der Waals surface area (Å²) in [5.74, 6) is -3.62. The van der Waals surface area contributed by atoms with Gasteiger partial charge in [0.15, 0.2) is 6.04 Å². The highest BCUT2D eigenvalue weighted by Crippen LogP contribution is 1.96. The molecule has 6 N–H and O–H groups in total. The van der Waals surface area contributed by atoms with E-state index in [1.54, 1.807) is 0 Å². The first kappa shape index (κ1) is 14.3. The second kappa shape index (κ2) is 6.03. The van der Waals surface area contributed by atoms with Gasteiger partial charge in [0.25, 0.3) is 0 Å². The molecule has 0 spiro atoms. The molecule has 0 radical (unpaired) electrons. The van der Waals surface area contributed by atoms with Gasteiger partial charge < -0.3 is 26.4 Å². The SMILES string of the molecule is CC(O)[C@H](NC(=O)C[C@H](N)C(=O)O)C(=O)O. The highest BCUT2D eigenvalue weighted by Gasteiger charge is 2.26. The molecule has 0 aromatic heterocycles. The fraction of sp³-hybridized carbons (Fsp3) is 0.625. The third-order valence-electron chi connectivity index (χ3n) is 1.79. The van der Waals surface area contributed by atoms with E-state index >= 15 is 0 Å². The van der Waals surface area contributed by atoms with Gasteiger partial charge in [-0.05, 0) is 6.92 Å². The Morgan fingerprint density at radius 2 is 1.75 bits per heavy atom. The van der Waals surface area contributed by atoms with Crippen LogP contribution in [0.3, 0.4) is 0 Å². The average Bonchev–Trinajstić information content (AvgIpc) is 2.12. The van der Waals surface area contributed by atoms with E-state index in [9.17, 15) is 14.4 Å². The molecule has 16 heavy (non-hydrogen) atoms.